The number of hydrogen-bond acceptors (Lipinski definition) is 3. The van der Waals surface area contributed by atoms with Crippen LogP contribution in [-0.2, 0) is 0 Å². The summed E-state index contributed by atoms with van der Waals surface area (Å²) in [6, 6.07) is 30.0. The number of rotatable bonds is 3. The molecule has 2 heterocycles. The van der Waals surface area contributed by atoms with Gasteiger partial charge in [-0.25, -0.2) is 0 Å². The Kier molecular flexibility index (Phi) is 5.43. The van der Waals surface area contributed by atoms with Gasteiger partial charge >= 0.3 is 196 Å². The van der Waals surface area contributed by atoms with Crippen LogP contribution >= 0.6 is 0 Å². The molecule has 0 spiro atoms. The van der Waals surface area contributed by atoms with Crippen LogP contribution in [0.1, 0.15) is 11.1 Å². The summed E-state index contributed by atoms with van der Waals surface area (Å²) in [6.07, 6.45) is 1.71. The molecular formula is C35H30GeN2O. The van der Waals surface area contributed by atoms with E-state index in [9.17, 15) is 0 Å². The molecule has 0 aliphatic rings. The molecule has 0 unspecified atom stereocenters. The molecule has 0 saturated carbocycles. The molecule has 0 atom stereocenters. The first kappa shape index (κ1) is 24.1. The Labute approximate surface area is 230 Å². The van der Waals surface area contributed by atoms with Crippen LogP contribution in [0.4, 0.5) is 0 Å². The first-order valence-corrected chi connectivity index (χ1v) is 20.8. The molecule has 4 heteroatoms. The van der Waals surface area contributed by atoms with E-state index in [-0.39, 0.29) is 0 Å². The molecule has 0 aliphatic carbocycles. The summed E-state index contributed by atoms with van der Waals surface area (Å²) in [4.78, 5) is 9.68. The van der Waals surface area contributed by atoms with Crippen LogP contribution in [0, 0.1) is 13.8 Å². The number of nitrogens with zero attached hydrogens (tertiary/aromatic N) is 2. The van der Waals surface area contributed by atoms with E-state index in [0.717, 1.165) is 49.7 Å². The monoisotopic (exact) mass is 568 g/mol. The van der Waals surface area contributed by atoms with Crippen LogP contribution in [0.15, 0.2) is 95.7 Å². The summed E-state index contributed by atoms with van der Waals surface area (Å²) in [7, 11) is 0. The van der Waals surface area contributed by atoms with E-state index in [0.29, 0.717) is 0 Å². The van der Waals surface area contributed by atoms with E-state index in [2.05, 4.69) is 110 Å². The van der Waals surface area contributed by atoms with Crippen molar-refractivity contribution in [2.75, 3.05) is 0 Å². The van der Waals surface area contributed by atoms with Gasteiger partial charge in [0.1, 0.15) is 0 Å². The number of aromatic nitrogens is 2. The van der Waals surface area contributed by atoms with Crippen molar-refractivity contribution in [2.24, 2.45) is 0 Å². The maximum absolute atomic E-state index is 6.59. The Morgan fingerprint density at radius 1 is 0.692 bits per heavy atom. The van der Waals surface area contributed by atoms with Crippen molar-refractivity contribution in [3.63, 3.8) is 0 Å². The molecule has 39 heavy (non-hydrogen) atoms. The van der Waals surface area contributed by atoms with Gasteiger partial charge in [0, 0.05) is 0 Å². The Morgan fingerprint density at radius 3 is 2.28 bits per heavy atom. The van der Waals surface area contributed by atoms with Crippen LogP contribution in [0.2, 0.25) is 17.3 Å². The van der Waals surface area contributed by atoms with Gasteiger partial charge in [0.2, 0.25) is 0 Å². The third-order valence-corrected chi connectivity index (χ3v) is 12.7. The van der Waals surface area contributed by atoms with Gasteiger partial charge in [-0.05, 0) is 5.56 Å². The minimum absolute atomic E-state index is 0.865. The van der Waals surface area contributed by atoms with Gasteiger partial charge in [-0.1, -0.05) is 30.3 Å². The predicted octanol–water partition coefficient (Wildman–Crippen LogP) is 9.18. The molecule has 2 aromatic heterocycles. The van der Waals surface area contributed by atoms with Gasteiger partial charge in [-0.2, -0.15) is 0 Å². The molecule has 5 aromatic carbocycles. The van der Waals surface area contributed by atoms with E-state index in [4.69, 9.17) is 14.4 Å². The van der Waals surface area contributed by atoms with Gasteiger partial charge in [-0.3, -0.25) is 0 Å². The van der Waals surface area contributed by atoms with E-state index < -0.39 is 13.3 Å². The fraction of sp³-hybridized carbons (Fsp3) is 0.143. The first-order valence-electron chi connectivity index (χ1n) is 13.5. The summed E-state index contributed by atoms with van der Waals surface area (Å²) in [5.41, 5.74) is 9.78. The Hall–Kier alpha value is -3.96. The summed E-state index contributed by atoms with van der Waals surface area (Å²) in [5.74, 6) is 7.41. The fourth-order valence-electron chi connectivity index (χ4n) is 6.55. The van der Waals surface area contributed by atoms with Gasteiger partial charge in [0.05, 0.1) is 0 Å². The third-order valence-electron chi connectivity index (χ3n) is 7.97. The average molecular weight is 567 g/mol. The Balaban J connectivity index is 1.49. The second kappa shape index (κ2) is 8.79. The molecule has 7 aromatic rings. The molecule has 7 rings (SSSR count). The van der Waals surface area contributed by atoms with Crippen LogP contribution in [0.25, 0.3) is 66.0 Å². The van der Waals surface area contributed by atoms with Crippen molar-refractivity contribution in [3.05, 3.63) is 102 Å². The van der Waals surface area contributed by atoms with Gasteiger partial charge in [0.25, 0.3) is 0 Å². The van der Waals surface area contributed by atoms with Crippen molar-refractivity contribution in [3.8, 4) is 22.4 Å². The van der Waals surface area contributed by atoms with Crippen LogP contribution < -0.4 is 4.40 Å². The first-order chi connectivity index (χ1) is 18.8. The number of benzene rings is 5. The molecule has 0 N–H and O–H groups in total. The molecule has 0 saturated heterocycles. The molecular weight excluding hydrogens is 537 g/mol. The van der Waals surface area contributed by atoms with Gasteiger partial charge < -0.3 is 0 Å². The van der Waals surface area contributed by atoms with Crippen molar-refractivity contribution in [2.45, 2.75) is 31.1 Å². The zero-order valence-corrected chi connectivity index (χ0v) is 25.1. The second-order valence-corrected chi connectivity index (χ2v) is 22.1. The maximum atomic E-state index is 6.59. The zero-order valence-electron chi connectivity index (χ0n) is 23.0. The van der Waals surface area contributed by atoms with Crippen molar-refractivity contribution >= 4 is 61.3 Å². The van der Waals surface area contributed by atoms with E-state index >= 15 is 0 Å². The molecule has 0 bridgehead atoms. The summed E-state index contributed by atoms with van der Waals surface area (Å²) in [5, 5.41) is 5.77. The Morgan fingerprint density at radius 2 is 1.49 bits per heavy atom. The molecule has 0 fully saturated rings. The van der Waals surface area contributed by atoms with E-state index in [1.54, 1.807) is 10.7 Å². The summed E-state index contributed by atoms with van der Waals surface area (Å²) >= 11 is -2.10. The zero-order chi connectivity index (χ0) is 26.9. The van der Waals surface area contributed by atoms with Crippen molar-refractivity contribution in [1.29, 1.82) is 0 Å². The van der Waals surface area contributed by atoms with Gasteiger partial charge in [-0.15, -0.1) is 0 Å². The molecule has 0 radical (unpaired) electrons. The fourth-order valence-corrected chi connectivity index (χ4v) is 11.8. The molecule has 190 valence electrons. The predicted molar refractivity (Wildman–Crippen MR) is 168 cm³/mol. The average Bonchev–Trinajstić information content (AvgIpc) is 3.30. The van der Waals surface area contributed by atoms with Crippen LogP contribution in [0.3, 0.4) is 0 Å². The third kappa shape index (κ3) is 3.79. The van der Waals surface area contributed by atoms with E-state index in [1.165, 1.54) is 27.5 Å². The van der Waals surface area contributed by atoms with Crippen LogP contribution in [0.5, 0.6) is 0 Å². The number of para-hydroxylation sites is 1. The van der Waals surface area contributed by atoms with E-state index in [1.807, 2.05) is 6.07 Å². The Bertz CT molecular complexity index is 2070. The quantitative estimate of drug-likeness (QED) is 0.158. The minimum atomic E-state index is -2.10. The van der Waals surface area contributed by atoms with Crippen LogP contribution in [-0.4, -0.2) is 23.2 Å². The number of aryl methyl sites for hydroxylation is 2. The second-order valence-electron chi connectivity index (χ2n) is 11.6. The molecule has 3 nitrogen and oxygen atoms in total. The number of fused-ring (bicyclic) bond motifs is 6. The normalized spacial score (nSPS) is 12.2. The number of furan rings is 1. The topological polar surface area (TPSA) is 38.9 Å². The van der Waals surface area contributed by atoms with Crippen molar-refractivity contribution < 1.29 is 4.42 Å². The number of hydrogen-bond donors (Lipinski definition) is 0. The SMILES string of the molecule is Cc1cc2ccc3c(-c4cccc5c4oc4cc(-c6ccccc6)ccc45)ncnc3c2c(C)[c]1[Ge]([CH3])([CH3])[CH3]. The summed E-state index contributed by atoms with van der Waals surface area (Å²) in [6.45, 7) is 4.55. The molecule has 0 amide bonds. The standard InChI is InChI=1S/C35H30GeN2O/c1-21-18-25-15-17-28-33(37-20-38-34(28)31(25)22(2)32(21)36(3,4)5)29-13-9-12-27-26-16-14-24(19-30(26)39-35(27)29)23-10-7-6-8-11-23/h6-20H,1-5H3. The molecule has 0 aliphatic heterocycles. The van der Waals surface area contributed by atoms with Gasteiger partial charge in [0.15, 0.2) is 0 Å². The van der Waals surface area contributed by atoms with Crippen molar-refractivity contribution in [1.82, 2.24) is 9.97 Å². The summed E-state index contributed by atoms with van der Waals surface area (Å²) < 4.78 is 8.16.